The van der Waals surface area contributed by atoms with Crippen LogP contribution in [0.4, 0.5) is 0 Å². The van der Waals surface area contributed by atoms with Crippen LogP contribution in [0.2, 0.25) is 0 Å². The van der Waals surface area contributed by atoms with Crippen molar-refractivity contribution in [2.24, 2.45) is 0 Å². The van der Waals surface area contributed by atoms with Gasteiger partial charge in [-0.3, -0.25) is 0 Å². The molecule has 3 aromatic rings. The fourth-order valence-electron chi connectivity index (χ4n) is 2.11. The molecular formula is C17H14S. The maximum atomic E-state index is 2.21. The Bertz CT molecular complexity index is 633. The molecule has 18 heavy (non-hydrogen) atoms. The lowest BCUT2D eigenvalue weighted by atomic mass is 10.0. The van der Waals surface area contributed by atoms with Gasteiger partial charge < -0.3 is 0 Å². The average Bonchev–Trinajstić information content (AvgIpc) is 2.86. The SMILES string of the molecule is Cc1ccsc1-c1ccc(-c2ccccc2)cc1. The molecule has 88 valence electrons. The van der Waals surface area contributed by atoms with Gasteiger partial charge in [0, 0.05) is 4.88 Å². The molecule has 1 heteroatoms. The second-order valence-electron chi connectivity index (χ2n) is 4.38. The summed E-state index contributed by atoms with van der Waals surface area (Å²) in [6, 6.07) is 21.5. The molecule has 1 aromatic heterocycles. The van der Waals surface area contributed by atoms with Crippen LogP contribution in [0.25, 0.3) is 21.6 Å². The highest BCUT2D eigenvalue weighted by Crippen LogP contribution is 2.30. The summed E-state index contributed by atoms with van der Waals surface area (Å²) >= 11 is 1.80. The summed E-state index contributed by atoms with van der Waals surface area (Å²) in [7, 11) is 0. The van der Waals surface area contributed by atoms with E-state index in [4.69, 9.17) is 0 Å². The molecule has 0 N–H and O–H groups in total. The van der Waals surface area contributed by atoms with Crippen LogP contribution in [0.5, 0.6) is 0 Å². The normalized spacial score (nSPS) is 10.5. The molecule has 0 atom stereocenters. The first kappa shape index (κ1) is 11.2. The lowest BCUT2D eigenvalue weighted by Crippen LogP contribution is -1.79. The average molecular weight is 250 g/mol. The fourth-order valence-corrected chi connectivity index (χ4v) is 3.05. The lowest BCUT2D eigenvalue weighted by Gasteiger charge is -2.04. The van der Waals surface area contributed by atoms with Crippen molar-refractivity contribution >= 4 is 11.3 Å². The zero-order valence-corrected chi connectivity index (χ0v) is 11.1. The molecule has 0 bridgehead atoms. The second-order valence-corrected chi connectivity index (χ2v) is 5.29. The standard InChI is InChI=1S/C17H14S/c1-13-11-12-18-17(13)16-9-7-15(8-10-16)14-5-3-2-4-6-14/h2-12H,1H3. The van der Waals surface area contributed by atoms with Crippen LogP contribution in [0, 0.1) is 6.92 Å². The molecule has 3 rings (SSSR count). The van der Waals surface area contributed by atoms with Crippen molar-refractivity contribution in [1.82, 2.24) is 0 Å². The molecule has 0 radical (unpaired) electrons. The molecule has 0 nitrogen and oxygen atoms in total. The summed E-state index contributed by atoms with van der Waals surface area (Å²) in [5, 5.41) is 2.15. The van der Waals surface area contributed by atoms with Crippen molar-refractivity contribution in [2.75, 3.05) is 0 Å². The highest BCUT2D eigenvalue weighted by atomic mass is 32.1. The zero-order valence-electron chi connectivity index (χ0n) is 10.3. The Kier molecular flexibility index (Phi) is 2.99. The first-order chi connectivity index (χ1) is 8.84. The monoisotopic (exact) mass is 250 g/mol. The number of hydrogen-bond acceptors (Lipinski definition) is 1. The van der Waals surface area contributed by atoms with E-state index in [1.165, 1.54) is 27.1 Å². The zero-order chi connectivity index (χ0) is 12.4. The molecule has 0 aliphatic carbocycles. The summed E-state index contributed by atoms with van der Waals surface area (Å²) in [4.78, 5) is 1.37. The molecule has 0 unspecified atom stereocenters. The van der Waals surface area contributed by atoms with Crippen LogP contribution >= 0.6 is 11.3 Å². The molecule has 1 heterocycles. The fraction of sp³-hybridized carbons (Fsp3) is 0.0588. The molecule has 2 aromatic carbocycles. The Hall–Kier alpha value is -1.86. The van der Waals surface area contributed by atoms with Crippen molar-refractivity contribution in [3.63, 3.8) is 0 Å². The molecule has 0 fully saturated rings. The van der Waals surface area contributed by atoms with Crippen LogP contribution in [-0.2, 0) is 0 Å². The van der Waals surface area contributed by atoms with Crippen molar-refractivity contribution in [3.8, 4) is 21.6 Å². The number of benzene rings is 2. The van der Waals surface area contributed by atoms with Crippen molar-refractivity contribution in [2.45, 2.75) is 6.92 Å². The number of aryl methyl sites for hydroxylation is 1. The predicted molar refractivity (Wildman–Crippen MR) is 79.9 cm³/mol. The first-order valence-electron chi connectivity index (χ1n) is 6.04. The number of hydrogen-bond donors (Lipinski definition) is 0. The van der Waals surface area contributed by atoms with Gasteiger partial charge in [0.2, 0.25) is 0 Å². The van der Waals surface area contributed by atoms with Crippen LogP contribution in [0.15, 0.2) is 66.0 Å². The van der Waals surface area contributed by atoms with Gasteiger partial charge in [0.15, 0.2) is 0 Å². The Morgan fingerprint density at radius 3 is 1.89 bits per heavy atom. The van der Waals surface area contributed by atoms with Gasteiger partial charge in [-0.2, -0.15) is 0 Å². The van der Waals surface area contributed by atoms with E-state index in [0.29, 0.717) is 0 Å². The predicted octanol–water partition coefficient (Wildman–Crippen LogP) is 5.39. The van der Waals surface area contributed by atoms with Crippen molar-refractivity contribution in [1.29, 1.82) is 0 Å². The minimum Gasteiger partial charge on any atom is -0.144 e. The van der Waals surface area contributed by atoms with Gasteiger partial charge in [-0.05, 0) is 40.6 Å². The topological polar surface area (TPSA) is 0 Å². The Morgan fingerprint density at radius 2 is 1.28 bits per heavy atom. The number of rotatable bonds is 2. The summed E-state index contributed by atoms with van der Waals surface area (Å²) in [6.45, 7) is 2.16. The highest BCUT2D eigenvalue weighted by molar-refractivity contribution is 7.13. The van der Waals surface area contributed by atoms with Gasteiger partial charge >= 0.3 is 0 Å². The molecule has 0 saturated carbocycles. The van der Waals surface area contributed by atoms with E-state index < -0.39 is 0 Å². The van der Waals surface area contributed by atoms with E-state index in [9.17, 15) is 0 Å². The molecular weight excluding hydrogens is 236 g/mol. The highest BCUT2D eigenvalue weighted by Gasteiger charge is 2.03. The second kappa shape index (κ2) is 4.79. The maximum absolute atomic E-state index is 2.21. The van der Waals surface area contributed by atoms with Crippen LogP contribution in [-0.4, -0.2) is 0 Å². The lowest BCUT2D eigenvalue weighted by molar-refractivity contribution is 1.53. The van der Waals surface area contributed by atoms with Gasteiger partial charge in [0.25, 0.3) is 0 Å². The van der Waals surface area contributed by atoms with Gasteiger partial charge in [-0.1, -0.05) is 54.6 Å². The van der Waals surface area contributed by atoms with E-state index in [1.807, 2.05) is 6.07 Å². The van der Waals surface area contributed by atoms with Crippen molar-refractivity contribution < 1.29 is 0 Å². The minimum absolute atomic E-state index is 1.27. The quantitative estimate of drug-likeness (QED) is 0.572. The van der Waals surface area contributed by atoms with Gasteiger partial charge in [-0.15, -0.1) is 11.3 Å². The van der Waals surface area contributed by atoms with E-state index in [1.54, 1.807) is 11.3 Å². The molecule has 0 saturated heterocycles. The molecule has 0 amide bonds. The first-order valence-corrected chi connectivity index (χ1v) is 6.92. The van der Waals surface area contributed by atoms with E-state index in [2.05, 4.69) is 66.9 Å². The Morgan fingerprint density at radius 1 is 0.667 bits per heavy atom. The third-order valence-corrected chi connectivity index (χ3v) is 4.18. The summed E-state index contributed by atoms with van der Waals surface area (Å²) < 4.78 is 0. The van der Waals surface area contributed by atoms with Crippen LogP contribution in [0.1, 0.15) is 5.56 Å². The summed E-state index contributed by atoms with van der Waals surface area (Å²) in [5.74, 6) is 0. The Labute approximate surface area is 112 Å². The molecule has 0 aliphatic rings. The third-order valence-electron chi connectivity index (χ3n) is 3.12. The van der Waals surface area contributed by atoms with Crippen LogP contribution < -0.4 is 0 Å². The van der Waals surface area contributed by atoms with Crippen molar-refractivity contribution in [3.05, 3.63) is 71.6 Å². The molecule has 0 spiro atoms. The van der Waals surface area contributed by atoms with Gasteiger partial charge in [0.1, 0.15) is 0 Å². The van der Waals surface area contributed by atoms with E-state index >= 15 is 0 Å². The molecule has 0 aliphatic heterocycles. The van der Waals surface area contributed by atoms with Crippen LogP contribution in [0.3, 0.4) is 0 Å². The minimum atomic E-state index is 1.27. The van der Waals surface area contributed by atoms with Gasteiger partial charge in [0.05, 0.1) is 0 Å². The van der Waals surface area contributed by atoms with E-state index in [0.717, 1.165) is 0 Å². The summed E-state index contributed by atoms with van der Waals surface area (Å²) in [6.07, 6.45) is 0. The largest absolute Gasteiger partial charge is 0.144 e. The third kappa shape index (κ3) is 2.09. The maximum Gasteiger partial charge on any atom is 0.0371 e. The smallest absolute Gasteiger partial charge is 0.0371 e. The number of thiophene rings is 1. The Balaban J connectivity index is 1.97. The van der Waals surface area contributed by atoms with Gasteiger partial charge in [-0.25, -0.2) is 0 Å². The summed E-state index contributed by atoms with van der Waals surface area (Å²) in [5.41, 5.74) is 5.20. The van der Waals surface area contributed by atoms with E-state index in [-0.39, 0.29) is 0 Å².